The second-order valence-corrected chi connectivity index (χ2v) is 17.4. The summed E-state index contributed by atoms with van der Waals surface area (Å²) < 4.78 is 36.4. The second kappa shape index (κ2) is 13.4. The predicted molar refractivity (Wildman–Crippen MR) is 213 cm³/mol. The molecule has 7 aliphatic rings. The molecule has 0 radical (unpaired) electrons. The van der Waals surface area contributed by atoms with Crippen LogP contribution in [0.25, 0.3) is 10.9 Å². The van der Waals surface area contributed by atoms with Gasteiger partial charge in [-0.15, -0.1) is 11.8 Å². The normalized spacial score (nSPS) is 29.7. The zero-order valence-electron chi connectivity index (χ0n) is 33.1. The number of hydrogen-bond donors (Lipinski definition) is 5. The highest BCUT2D eigenvalue weighted by Gasteiger charge is 2.62. The van der Waals surface area contributed by atoms with Gasteiger partial charge in [-0.05, 0) is 68.6 Å². The Hall–Kier alpha value is -4.71. The number of rotatable bonds is 4. The number of phenolic OH excluding ortho intramolecular Hbond substituents is 1. The van der Waals surface area contributed by atoms with E-state index in [4.69, 9.17) is 34.2 Å². The van der Waals surface area contributed by atoms with Gasteiger partial charge in [-0.1, -0.05) is 6.07 Å². The number of fused-ring (bicyclic) bond motifs is 11. The number of aliphatic hydroxyl groups excluding tert-OH is 1. The van der Waals surface area contributed by atoms with Crippen molar-refractivity contribution >= 4 is 34.6 Å². The van der Waals surface area contributed by atoms with Gasteiger partial charge >= 0.3 is 11.9 Å². The van der Waals surface area contributed by atoms with Crippen LogP contribution in [0.5, 0.6) is 34.5 Å². The Balaban J connectivity index is 1.24. The van der Waals surface area contributed by atoms with Gasteiger partial charge < -0.3 is 49.4 Å². The lowest BCUT2D eigenvalue weighted by atomic mass is 9.73. The molecular formula is C42H47N5O10S. The number of aryl methyl sites for hydroxylation is 1. The Morgan fingerprint density at radius 1 is 1.07 bits per heavy atom. The van der Waals surface area contributed by atoms with Gasteiger partial charge in [-0.3, -0.25) is 19.9 Å². The number of nitrogens with two attached hydrogens (primary N) is 1. The van der Waals surface area contributed by atoms with Crippen molar-refractivity contribution in [1.82, 2.24) is 20.1 Å². The molecule has 2 unspecified atom stereocenters. The first-order valence-corrected chi connectivity index (χ1v) is 20.6. The van der Waals surface area contributed by atoms with Gasteiger partial charge in [0, 0.05) is 64.5 Å². The fourth-order valence-corrected chi connectivity index (χ4v) is 12.5. The standard InChI is InChI=1S/C42H47N5O10S/c1-17-9-20-10-26-40(50)47-27-14-54-41(51)42(39-24(11-21(13-43)45-42)23-12-22(52-5)7-8-25(23)44-39)15-58-38(32(47)31(46(26)4)28(20)33(49)34(17)53-6)30-29(27)37-36(55-16-56-37)18(2)35(30)57-19(3)48/h7-9,12,21,26-27,31-32,38,40,44-45,49-50H,10-11,13-16,43H2,1-6H3/t21-,26-,27+,31?,32?,38-,40+,42-/m1/s1. The predicted octanol–water partition coefficient (Wildman–Crippen LogP) is 3.52. The van der Waals surface area contributed by atoms with Gasteiger partial charge in [0.2, 0.25) is 6.79 Å². The number of aliphatic hydroxyl groups is 1. The Kier molecular flexibility index (Phi) is 8.68. The summed E-state index contributed by atoms with van der Waals surface area (Å²) >= 11 is 1.50. The lowest BCUT2D eigenvalue weighted by molar-refractivity contribution is -0.186. The molecule has 1 aromatic heterocycles. The summed E-state index contributed by atoms with van der Waals surface area (Å²) in [5, 5.41) is 28.8. The number of benzene rings is 3. The molecule has 8 atom stereocenters. The summed E-state index contributed by atoms with van der Waals surface area (Å²) in [5.74, 6) is 1.51. The lowest BCUT2D eigenvalue weighted by Crippen LogP contribution is -2.70. The first-order chi connectivity index (χ1) is 27.9. The fourth-order valence-electron chi connectivity index (χ4n) is 10.9. The molecule has 58 heavy (non-hydrogen) atoms. The third-order valence-electron chi connectivity index (χ3n) is 13.3. The number of aromatic hydroxyl groups is 1. The Morgan fingerprint density at radius 3 is 2.60 bits per heavy atom. The molecule has 2 fully saturated rings. The minimum absolute atomic E-state index is 0.0465. The summed E-state index contributed by atoms with van der Waals surface area (Å²) in [6.07, 6.45) is -0.0202. The van der Waals surface area contributed by atoms with Crippen LogP contribution >= 0.6 is 11.8 Å². The number of H-pyrrole nitrogens is 1. The van der Waals surface area contributed by atoms with Crippen LogP contribution in [0.15, 0.2) is 24.3 Å². The van der Waals surface area contributed by atoms with Gasteiger partial charge in [0.15, 0.2) is 28.5 Å². The number of likely N-dealkylation sites (N-methyl/N-ethyl adjacent to an activating group) is 1. The van der Waals surface area contributed by atoms with Crippen molar-refractivity contribution in [2.75, 3.05) is 47.0 Å². The fraction of sp³-hybridized carbons (Fsp3) is 0.476. The maximum atomic E-state index is 15.1. The zero-order chi connectivity index (χ0) is 40.5. The molecule has 306 valence electrons. The number of piperazine rings is 1. The molecule has 11 rings (SSSR count). The number of esters is 2. The number of methoxy groups -OCH3 is 2. The number of phenols is 1. The Labute approximate surface area is 339 Å². The lowest BCUT2D eigenvalue weighted by Gasteiger charge is -2.62. The van der Waals surface area contributed by atoms with E-state index in [1.165, 1.54) is 18.7 Å². The van der Waals surface area contributed by atoms with Crippen LogP contribution in [0.2, 0.25) is 0 Å². The molecule has 15 nitrogen and oxygen atoms in total. The first kappa shape index (κ1) is 37.6. The van der Waals surface area contributed by atoms with Gasteiger partial charge in [0.25, 0.3) is 0 Å². The van der Waals surface area contributed by atoms with E-state index in [0.29, 0.717) is 69.5 Å². The average molecular weight is 814 g/mol. The van der Waals surface area contributed by atoms with Crippen LogP contribution in [-0.2, 0) is 32.7 Å². The minimum atomic E-state index is -1.39. The largest absolute Gasteiger partial charge is 0.504 e. The topological polar surface area (TPSA) is 190 Å². The number of nitrogens with zero attached hydrogens (tertiary/aromatic N) is 2. The van der Waals surface area contributed by atoms with Crippen molar-refractivity contribution in [2.24, 2.45) is 5.73 Å². The van der Waals surface area contributed by atoms with E-state index < -0.39 is 47.1 Å². The Bertz CT molecular complexity index is 2420. The number of carbonyl (C=O) groups is 2. The molecular weight excluding hydrogens is 767 g/mol. The number of hydrogen-bond acceptors (Lipinski definition) is 15. The van der Waals surface area contributed by atoms with Crippen LogP contribution in [0.3, 0.4) is 0 Å². The summed E-state index contributed by atoms with van der Waals surface area (Å²) in [6.45, 7) is 5.13. The minimum Gasteiger partial charge on any atom is -0.504 e. The molecule has 0 aliphatic carbocycles. The van der Waals surface area contributed by atoms with E-state index in [0.717, 1.165) is 27.6 Å². The summed E-state index contributed by atoms with van der Waals surface area (Å²) in [5.41, 5.74) is 11.9. The van der Waals surface area contributed by atoms with E-state index in [2.05, 4.69) is 15.2 Å². The number of nitrogens with one attached hydrogen (secondary N) is 2. The number of thioether (sulfide) groups is 1. The van der Waals surface area contributed by atoms with E-state index in [-0.39, 0.29) is 43.5 Å². The van der Waals surface area contributed by atoms with E-state index >= 15 is 4.79 Å². The van der Waals surface area contributed by atoms with Crippen LogP contribution in [0.1, 0.15) is 68.9 Å². The molecule has 0 saturated carbocycles. The molecule has 8 heterocycles. The highest BCUT2D eigenvalue weighted by atomic mass is 32.2. The Morgan fingerprint density at radius 2 is 1.86 bits per heavy atom. The van der Waals surface area contributed by atoms with Crippen molar-refractivity contribution in [3.63, 3.8) is 0 Å². The molecule has 2 saturated heterocycles. The van der Waals surface area contributed by atoms with E-state index in [1.807, 2.05) is 50.1 Å². The quantitative estimate of drug-likeness (QED) is 0.149. The van der Waals surface area contributed by atoms with Crippen molar-refractivity contribution in [3.8, 4) is 34.5 Å². The second-order valence-electron chi connectivity index (χ2n) is 16.2. The van der Waals surface area contributed by atoms with Crippen LogP contribution in [0, 0.1) is 13.8 Å². The number of aromatic amines is 1. The van der Waals surface area contributed by atoms with E-state index in [9.17, 15) is 15.0 Å². The van der Waals surface area contributed by atoms with Crippen LogP contribution in [0.4, 0.5) is 0 Å². The average Bonchev–Trinajstić information content (AvgIpc) is 3.85. The first-order valence-electron chi connectivity index (χ1n) is 19.6. The van der Waals surface area contributed by atoms with Gasteiger partial charge in [-0.25, -0.2) is 4.79 Å². The molecule has 7 aliphatic heterocycles. The summed E-state index contributed by atoms with van der Waals surface area (Å²) in [7, 11) is 5.14. The molecule has 0 amide bonds. The number of carbonyl (C=O) groups excluding carboxylic acids is 2. The van der Waals surface area contributed by atoms with Crippen molar-refractivity contribution in [3.05, 3.63) is 68.9 Å². The van der Waals surface area contributed by atoms with Crippen molar-refractivity contribution in [2.45, 2.75) is 80.8 Å². The highest BCUT2D eigenvalue weighted by Crippen LogP contribution is 2.64. The van der Waals surface area contributed by atoms with Gasteiger partial charge in [0.05, 0.1) is 43.3 Å². The monoisotopic (exact) mass is 813 g/mol. The SMILES string of the molecule is COc1ccc2[nH]c3c(c2c1)C[C@H](CN)N[C@]31CS[C@@H]2c3c(OC(C)=O)c(C)c4c(c3[C@H](COC1=O)N1C2C2c3c(cc(C)c(OC)c3O)C[C@H]([C@@H]1O)N2C)OCO4. The van der Waals surface area contributed by atoms with Crippen LogP contribution < -0.4 is 34.7 Å². The molecule has 3 aromatic carbocycles. The van der Waals surface area contributed by atoms with Crippen LogP contribution in [-0.4, -0.2) is 108 Å². The third kappa shape index (κ3) is 5.05. The number of ether oxygens (including phenoxy) is 6. The maximum absolute atomic E-state index is 15.1. The maximum Gasteiger partial charge on any atom is 0.333 e. The van der Waals surface area contributed by atoms with Gasteiger partial charge in [0.1, 0.15) is 24.3 Å². The van der Waals surface area contributed by atoms with Gasteiger partial charge in [-0.2, -0.15) is 0 Å². The number of aromatic nitrogens is 1. The molecule has 4 bridgehead atoms. The molecule has 4 aromatic rings. The van der Waals surface area contributed by atoms with E-state index in [1.54, 1.807) is 14.2 Å². The molecule has 6 N–H and O–H groups in total. The highest BCUT2D eigenvalue weighted by molar-refractivity contribution is 7.99. The van der Waals surface area contributed by atoms with Crippen molar-refractivity contribution in [1.29, 1.82) is 0 Å². The van der Waals surface area contributed by atoms with Crippen molar-refractivity contribution < 1.29 is 48.2 Å². The zero-order valence-corrected chi connectivity index (χ0v) is 34.0. The third-order valence-corrected chi connectivity index (χ3v) is 14.8. The smallest absolute Gasteiger partial charge is 0.333 e. The summed E-state index contributed by atoms with van der Waals surface area (Å²) in [6, 6.07) is 5.33. The molecule has 1 spiro atoms. The molecule has 16 heteroatoms. The summed E-state index contributed by atoms with van der Waals surface area (Å²) in [4.78, 5) is 35.9.